The van der Waals surface area contributed by atoms with Crippen LogP contribution in [0.5, 0.6) is 0 Å². The number of para-hydroxylation sites is 1. The number of aliphatic hydroxyl groups excluding tert-OH is 8. The van der Waals surface area contributed by atoms with Crippen molar-refractivity contribution in [2.75, 3.05) is 26.3 Å². The van der Waals surface area contributed by atoms with E-state index in [9.17, 15) is 60.0 Å². The topological polar surface area (TPSA) is 325 Å². The number of rotatable bonds is 16. The molecule has 0 unspecified atom stereocenters. The van der Waals surface area contributed by atoms with Crippen LogP contribution in [-0.4, -0.2) is 175 Å². The number of aromatic nitrogens is 1. The molecular weight excluding hydrogens is 849 g/mol. The molecule has 1 aromatic heterocycles. The van der Waals surface area contributed by atoms with Crippen molar-refractivity contribution in [2.45, 2.75) is 105 Å². The molecule has 14 N–H and O–H groups in total. The third kappa shape index (κ3) is 12.9. The smallest absolute Gasteiger partial charge is 0.243 e. The molecule has 3 aromatic carbocycles. The zero-order valence-corrected chi connectivity index (χ0v) is 35.3. The standard InChI is InChI=1S/C45H58N6O14/c52-22-34(55)41(65-45-40(60)39(59)38(58)35(23-53)64-45)37(57)33(54)21-47-30-18-36(56)50-32(17-26-19-46-29-14-8-7-13-28(26)29)44(63)51-31(16-25-11-5-2-6-12-25)43(62)49-27(20-48-42(30)61)15-24-9-3-1-4-10-24/h1-14,19,27,30-35,37-41,45-47,52-55,57-60H,15-18,20-23H2,(H,48,61)(H,49,62)(H,50,56)(H,51,63)/t27-,30-,31+,32+,33+,34-,35-,37-,38-,39+,40-,41-,45-/m1/s1. The van der Waals surface area contributed by atoms with E-state index < -0.39 is 129 Å². The molecule has 0 bridgehead atoms. The van der Waals surface area contributed by atoms with Crippen LogP contribution in [0, 0.1) is 0 Å². The van der Waals surface area contributed by atoms with E-state index in [0.29, 0.717) is 5.56 Å². The second kappa shape index (κ2) is 23.2. The summed E-state index contributed by atoms with van der Waals surface area (Å²) in [5, 5.41) is 98.2. The largest absolute Gasteiger partial charge is 0.394 e. The molecule has 3 heterocycles. The van der Waals surface area contributed by atoms with Crippen molar-refractivity contribution in [3.05, 3.63) is 108 Å². The fourth-order valence-electron chi connectivity index (χ4n) is 7.92. The first-order chi connectivity index (χ1) is 31.3. The van der Waals surface area contributed by atoms with Crippen LogP contribution in [0.25, 0.3) is 10.9 Å². The number of aliphatic hydroxyl groups is 8. The van der Waals surface area contributed by atoms with Gasteiger partial charge >= 0.3 is 0 Å². The highest BCUT2D eigenvalue weighted by Gasteiger charge is 2.47. The van der Waals surface area contributed by atoms with Gasteiger partial charge in [-0.25, -0.2) is 0 Å². The highest BCUT2D eigenvalue weighted by Crippen LogP contribution is 2.25. The summed E-state index contributed by atoms with van der Waals surface area (Å²) in [7, 11) is 0. The van der Waals surface area contributed by atoms with Crippen LogP contribution >= 0.6 is 0 Å². The van der Waals surface area contributed by atoms with Gasteiger partial charge in [0.1, 0.15) is 54.8 Å². The van der Waals surface area contributed by atoms with E-state index >= 15 is 0 Å². The summed E-state index contributed by atoms with van der Waals surface area (Å²) in [4.78, 5) is 59.7. The molecular formula is C45H58N6O14. The van der Waals surface area contributed by atoms with Crippen LogP contribution < -0.4 is 26.6 Å². The molecule has 4 aromatic rings. The van der Waals surface area contributed by atoms with E-state index in [1.54, 1.807) is 6.20 Å². The summed E-state index contributed by atoms with van der Waals surface area (Å²) in [5.74, 6) is -2.73. The Kier molecular flexibility index (Phi) is 17.5. The van der Waals surface area contributed by atoms with Gasteiger partial charge in [0.15, 0.2) is 6.29 Å². The highest BCUT2D eigenvalue weighted by molar-refractivity contribution is 5.95. The van der Waals surface area contributed by atoms with Crippen molar-refractivity contribution in [2.24, 2.45) is 0 Å². The maximum atomic E-state index is 14.3. The predicted molar refractivity (Wildman–Crippen MR) is 231 cm³/mol. The molecule has 0 spiro atoms. The third-order valence-corrected chi connectivity index (χ3v) is 11.6. The van der Waals surface area contributed by atoms with E-state index in [1.165, 1.54) is 0 Å². The van der Waals surface area contributed by atoms with Gasteiger partial charge < -0.3 is 81.9 Å². The van der Waals surface area contributed by atoms with Gasteiger partial charge in [-0.1, -0.05) is 78.9 Å². The lowest BCUT2D eigenvalue weighted by Crippen LogP contribution is -2.62. The highest BCUT2D eigenvalue weighted by atomic mass is 16.7. The van der Waals surface area contributed by atoms with Crippen LogP contribution in [-0.2, 0) is 47.9 Å². The number of hydrogen-bond donors (Lipinski definition) is 14. The molecule has 20 nitrogen and oxygen atoms in total. The van der Waals surface area contributed by atoms with Crippen molar-refractivity contribution >= 4 is 34.5 Å². The number of benzene rings is 3. The minimum atomic E-state index is -2.09. The van der Waals surface area contributed by atoms with Crippen molar-refractivity contribution in [3.63, 3.8) is 0 Å². The van der Waals surface area contributed by atoms with Crippen molar-refractivity contribution < 1.29 is 69.5 Å². The second-order valence-corrected chi connectivity index (χ2v) is 16.3. The lowest BCUT2D eigenvalue weighted by Gasteiger charge is -2.42. The molecule has 0 aliphatic carbocycles. The molecule has 20 heteroatoms. The molecule has 2 aliphatic rings. The Bertz CT molecular complexity index is 2160. The number of aromatic amines is 1. The Morgan fingerprint density at radius 1 is 0.708 bits per heavy atom. The zero-order valence-electron chi connectivity index (χ0n) is 35.3. The minimum Gasteiger partial charge on any atom is -0.394 e. The number of carbonyl (C=O) groups excluding carboxylic acids is 4. The van der Waals surface area contributed by atoms with Crippen LogP contribution in [0.3, 0.4) is 0 Å². The second-order valence-electron chi connectivity index (χ2n) is 16.3. The molecule has 2 fully saturated rings. The average Bonchev–Trinajstić information content (AvgIpc) is 3.72. The van der Waals surface area contributed by atoms with Crippen LogP contribution in [0.1, 0.15) is 23.1 Å². The minimum absolute atomic E-state index is 0.0177. The fraction of sp³-hybridized carbons (Fsp3) is 0.467. The number of carbonyl (C=O) groups is 4. The Hall–Kier alpha value is -5.36. The third-order valence-electron chi connectivity index (χ3n) is 11.6. The van der Waals surface area contributed by atoms with Gasteiger partial charge in [0, 0.05) is 43.0 Å². The van der Waals surface area contributed by atoms with Crippen molar-refractivity contribution in [1.29, 1.82) is 0 Å². The first kappa shape index (κ1) is 49.1. The van der Waals surface area contributed by atoms with Crippen LogP contribution in [0.2, 0.25) is 0 Å². The lowest BCUT2D eigenvalue weighted by atomic mass is 9.98. The molecule has 4 amide bonds. The summed E-state index contributed by atoms with van der Waals surface area (Å²) in [6.07, 6.45) is -15.3. The van der Waals surface area contributed by atoms with Gasteiger partial charge in [0.05, 0.1) is 37.8 Å². The number of amides is 4. The van der Waals surface area contributed by atoms with Crippen LogP contribution in [0.15, 0.2) is 91.1 Å². The summed E-state index contributed by atoms with van der Waals surface area (Å²) in [6.45, 7) is -2.63. The van der Waals surface area contributed by atoms with Crippen molar-refractivity contribution in [3.8, 4) is 0 Å². The Morgan fingerprint density at radius 3 is 2.02 bits per heavy atom. The van der Waals surface area contributed by atoms with Gasteiger partial charge in [-0.3, -0.25) is 19.2 Å². The first-order valence-corrected chi connectivity index (χ1v) is 21.4. The molecule has 0 radical (unpaired) electrons. The molecule has 0 saturated carbocycles. The number of ether oxygens (including phenoxy) is 2. The number of fused-ring (bicyclic) bond motifs is 1. The normalized spacial score (nSPS) is 27.9. The zero-order chi connectivity index (χ0) is 46.6. The van der Waals surface area contributed by atoms with Gasteiger partial charge in [-0.15, -0.1) is 0 Å². The predicted octanol–water partition coefficient (Wildman–Crippen LogP) is -3.61. The van der Waals surface area contributed by atoms with Gasteiger partial charge in [-0.05, 0) is 29.2 Å². The summed E-state index contributed by atoms with van der Waals surface area (Å²) in [6, 6.07) is 21.1. The molecule has 13 atom stereocenters. The average molecular weight is 907 g/mol. The summed E-state index contributed by atoms with van der Waals surface area (Å²) in [5.41, 5.74) is 3.06. The number of hydrogen-bond acceptors (Lipinski definition) is 15. The first-order valence-electron chi connectivity index (χ1n) is 21.4. The molecule has 2 aliphatic heterocycles. The van der Waals surface area contributed by atoms with E-state index in [1.807, 2.05) is 84.9 Å². The molecule has 2 saturated heterocycles. The number of nitrogens with one attached hydrogen (secondary N) is 6. The fourth-order valence-corrected chi connectivity index (χ4v) is 7.92. The van der Waals surface area contributed by atoms with Gasteiger partial charge in [0.25, 0.3) is 0 Å². The molecule has 352 valence electrons. The Balaban J connectivity index is 1.26. The maximum Gasteiger partial charge on any atom is 0.243 e. The van der Waals surface area contributed by atoms with E-state index in [4.69, 9.17) is 9.47 Å². The summed E-state index contributed by atoms with van der Waals surface area (Å²) >= 11 is 0. The molecule has 6 rings (SSSR count). The van der Waals surface area contributed by atoms with Crippen molar-refractivity contribution in [1.82, 2.24) is 31.6 Å². The van der Waals surface area contributed by atoms with Gasteiger partial charge in [0.2, 0.25) is 23.6 Å². The van der Waals surface area contributed by atoms with E-state index in [0.717, 1.165) is 22.0 Å². The van der Waals surface area contributed by atoms with Crippen LogP contribution in [0.4, 0.5) is 0 Å². The van der Waals surface area contributed by atoms with E-state index in [-0.39, 0.29) is 25.8 Å². The maximum absolute atomic E-state index is 14.3. The quantitative estimate of drug-likeness (QED) is 0.0517. The summed E-state index contributed by atoms with van der Waals surface area (Å²) < 4.78 is 10.8. The van der Waals surface area contributed by atoms with Gasteiger partial charge in [-0.2, -0.15) is 0 Å². The Morgan fingerprint density at radius 2 is 1.34 bits per heavy atom. The monoisotopic (exact) mass is 906 g/mol. The molecule has 65 heavy (non-hydrogen) atoms. The number of H-pyrrole nitrogens is 1. The SMILES string of the molecule is O=C1C[C@@H](NC[C@H](O)[C@@H](O)[C@H](O[C@H]2O[C@H](CO)[C@@H](O)[C@H](O)[C@H]2O)[C@H](O)CO)C(=O)NC[C@@H](Cc2ccccc2)NC(=O)[C@H](Cc2ccccc2)NC(=O)[C@H](Cc2c[nH]c3ccccc23)N1. The lowest BCUT2D eigenvalue weighted by molar-refractivity contribution is -0.327. The van der Waals surface area contributed by atoms with E-state index in [2.05, 4.69) is 31.6 Å². The Labute approximate surface area is 374 Å².